The Labute approximate surface area is 170 Å². The lowest BCUT2D eigenvalue weighted by Crippen LogP contribution is -2.50. The Morgan fingerprint density at radius 3 is 2.54 bits per heavy atom. The number of aliphatic hydroxyl groups excluding tert-OH is 1. The highest BCUT2D eigenvalue weighted by molar-refractivity contribution is 6.30. The van der Waals surface area contributed by atoms with Crippen molar-refractivity contribution in [3.05, 3.63) is 51.8 Å². The number of fused-ring (bicyclic) bond motifs is 1. The van der Waals surface area contributed by atoms with E-state index in [4.69, 9.17) is 11.6 Å². The largest absolute Gasteiger partial charge is 0.394 e. The number of aliphatic hydroxyl groups is 1. The minimum Gasteiger partial charge on any atom is -0.394 e. The molecule has 0 bridgehead atoms. The van der Waals surface area contributed by atoms with E-state index in [1.807, 2.05) is 29.2 Å². The van der Waals surface area contributed by atoms with E-state index in [0.717, 1.165) is 55.6 Å². The van der Waals surface area contributed by atoms with Gasteiger partial charge in [-0.1, -0.05) is 30.2 Å². The number of halogens is 1. The van der Waals surface area contributed by atoms with E-state index in [2.05, 4.69) is 15.1 Å². The second-order valence-electron chi connectivity index (χ2n) is 7.67. The van der Waals surface area contributed by atoms with Crippen molar-refractivity contribution >= 4 is 17.5 Å². The predicted octanol–water partition coefficient (Wildman–Crippen LogP) is 2.82. The number of benzene rings is 1. The van der Waals surface area contributed by atoms with E-state index in [1.165, 1.54) is 6.42 Å². The lowest BCUT2D eigenvalue weighted by Gasteiger charge is -2.38. The summed E-state index contributed by atoms with van der Waals surface area (Å²) in [5.41, 5.74) is 3.92. The number of hydrogen-bond donors (Lipinski definition) is 2. The Morgan fingerprint density at radius 1 is 1.11 bits per heavy atom. The Balaban J connectivity index is 1.42. The first-order valence-corrected chi connectivity index (χ1v) is 10.5. The minimum absolute atomic E-state index is 0.0334. The van der Waals surface area contributed by atoms with Gasteiger partial charge in [-0.05, 0) is 43.4 Å². The molecule has 7 heteroatoms. The number of rotatable bonds is 4. The zero-order valence-corrected chi connectivity index (χ0v) is 16.8. The zero-order valence-electron chi connectivity index (χ0n) is 16.0. The van der Waals surface area contributed by atoms with Crippen molar-refractivity contribution in [1.82, 2.24) is 20.0 Å². The van der Waals surface area contributed by atoms with Crippen LogP contribution in [-0.2, 0) is 12.8 Å². The van der Waals surface area contributed by atoms with E-state index in [-0.39, 0.29) is 18.6 Å². The van der Waals surface area contributed by atoms with Crippen LogP contribution in [-0.4, -0.2) is 63.8 Å². The molecule has 2 heterocycles. The van der Waals surface area contributed by atoms with Crippen molar-refractivity contribution in [3.8, 4) is 0 Å². The number of carbonyl (C=O) groups is 1. The normalized spacial score (nSPS) is 19.1. The number of H-pyrrole nitrogens is 1. The van der Waals surface area contributed by atoms with E-state index in [1.54, 1.807) is 0 Å². The molecule has 1 atom stereocenters. The number of nitrogens with zero attached hydrogens (tertiary/aromatic N) is 3. The summed E-state index contributed by atoms with van der Waals surface area (Å²) >= 11 is 5.98. The first kappa shape index (κ1) is 19.4. The van der Waals surface area contributed by atoms with Gasteiger partial charge in [0.15, 0.2) is 5.69 Å². The van der Waals surface area contributed by atoms with Crippen LogP contribution in [0.3, 0.4) is 0 Å². The number of nitrogens with one attached hydrogen (secondary N) is 1. The van der Waals surface area contributed by atoms with Crippen LogP contribution in [0.5, 0.6) is 0 Å². The topological polar surface area (TPSA) is 72.5 Å². The van der Waals surface area contributed by atoms with Gasteiger partial charge >= 0.3 is 0 Å². The van der Waals surface area contributed by atoms with E-state index < -0.39 is 0 Å². The molecule has 1 saturated heterocycles. The molecule has 0 radical (unpaired) electrons. The van der Waals surface area contributed by atoms with Crippen LogP contribution in [0, 0.1) is 0 Å². The maximum Gasteiger partial charge on any atom is 0.274 e. The Kier molecular flexibility index (Phi) is 5.99. The van der Waals surface area contributed by atoms with Gasteiger partial charge in [-0.15, -0.1) is 0 Å². The number of aromatic nitrogens is 2. The van der Waals surface area contributed by atoms with Gasteiger partial charge in [-0.2, -0.15) is 5.10 Å². The zero-order chi connectivity index (χ0) is 19.5. The molecule has 1 amide bonds. The van der Waals surface area contributed by atoms with E-state index in [0.29, 0.717) is 23.8 Å². The summed E-state index contributed by atoms with van der Waals surface area (Å²) in [4.78, 5) is 17.2. The molecule has 2 aliphatic rings. The van der Waals surface area contributed by atoms with Crippen molar-refractivity contribution in [2.45, 2.75) is 38.1 Å². The summed E-state index contributed by atoms with van der Waals surface area (Å²) in [6, 6.07) is 7.54. The van der Waals surface area contributed by atoms with Crippen LogP contribution < -0.4 is 0 Å². The molecular weight excluding hydrogens is 376 g/mol. The van der Waals surface area contributed by atoms with Crippen molar-refractivity contribution in [2.75, 3.05) is 32.8 Å². The van der Waals surface area contributed by atoms with E-state index >= 15 is 0 Å². The fraction of sp³-hybridized carbons (Fsp3) is 0.524. The molecule has 150 valence electrons. The van der Waals surface area contributed by atoms with Gasteiger partial charge in [0.1, 0.15) is 0 Å². The predicted molar refractivity (Wildman–Crippen MR) is 109 cm³/mol. The first-order chi connectivity index (χ1) is 13.7. The molecule has 28 heavy (non-hydrogen) atoms. The van der Waals surface area contributed by atoms with Crippen LogP contribution in [0.1, 0.15) is 52.6 Å². The molecule has 1 aromatic carbocycles. The van der Waals surface area contributed by atoms with Gasteiger partial charge in [0.05, 0.1) is 12.6 Å². The lowest BCUT2D eigenvalue weighted by molar-refractivity contribution is 0.0472. The van der Waals surface area contributed by atoms with E-state index in [9.17, 15) is 9.90 Å². The SMILES string of the molecule is O=C(c1n[nH]c2c1CCCCC2)N1CCN(C(CO)c2ccc(Cl)cc2)CC1. The third-order valence-electron chi connectivity index (χ3n) is 5.98. The molecule has 0 spiro atoms. The van der Waals surface area contributed by atoms with Gasteiger partial charge in [0.2, 0.25) is 0 Å². The number of amides is 1. The Hall–Kier alpha value is -1.89. The highest BCUT2D eigenvalue weighted by atomic mass is 35.5. The standard InChI is InChI=1S/C21H27ClN4O2/c22-16-8-6-15(7-9-16)19(14-27)25-10-12-26(13-11-25)21(28)20-17-4-2-1-3-5-18(17)23-24-20/h6-9,19,27H,1-5,10-14H2,(H,23,24). The molecule has 1 unspecified atom stereocenters. The third kappa shape index (κ3) is 3.95. The van der Waals surface area contributed by atoms with Crippen molar-refractivity contribution in [3.63, 3.8) is 0 Å². The minimum atomic E-state index is -0.0730. The molecule has 0 saturated carbocycles. The average molecular weight is 403 g/mol. The monoisotopic (exact) mass is 402 g/mol. The van der Waals surface area contributed by atoms with Gasteiger partial charge in [-0.25, -0.2) is 0 Å². The first-order valence-electron chi connectivity index (χ1n) is 10.1. The number of aryl methyl sites for hydroxylation is 1. The van der Waals surface area contributed by atoms with Crippen LogP contribution in [0.4, 0.5) is 0 Å². The highest BCUT2D eigenvalue weighted by Gasteiger charge is 2.30. The quantitative estimate of drug-likeness (QED) is 0.771. The molecule has 1 fully saturated rings. The smallest absolute Gasteiger partial charge is 0.274 e. The van der Waals surface area contributed by atoms with Gasteiger partial charge < -0.3 is 10.0 Å². The Bertz CT molecular complexity index is 812. The van der Waals surface area contributed by atoms with Crippen molar-refractivity contribution in [2.24, 2.45) is 0 Å². The molecular formula is C21H27ClN4O2. The maximum atomic E-state index is 13.1. The van der Waals surface area contributed by atoms with Crippen LogP contribution in [0.2, 0.25) is 5.02 Å². The molecule has 1 aliphatic carbocycles. The van der Waals surface area contributed by atoms with Gasteiger partial charge in [-0.3, -0.25) is 14.8 Å². The second kappa shape index (κ2) is 8.64. The average Bonchev–Trinajstić information content (AvgIpc) is 2.98. The summed E-state index contributed by atoms with van der Waals surface area (Å²) in [7, 11) is 0. The summed E-state index contributed by atoms with van der Waals surface area (Å²) < 4.78 is 0. The molecule has 6 nitrogen and oxygen atoms in total. The van der Waals surface area contributed by atoms with Crippen molar-refractivity contribution < 1.29 is 9.90 Å². The molecule has 2 N–H and O–H groups in total. The number of carbonyl (C=O) groups excluding carboxylic acids is 1. The second-order valence-corrected chi connectivity index (χ2v) is 8.10. The number of aromatic amines is 1. The molecule has 4 rings (SSSR count). The molecule has 2 aromatic rings. The number of hydrogen-bond acceptors (Lipinski definition) is 4. The summed E-state index contributed by atoms with van der Waals surface area (Å²) in [5, 5.41) is 18.1. The van der Waals surface area contributed by atoms with Crippen LogP contribution in [0.15, 0.2) is 24.3 Å². The Morgan fingerprint density at radius 2 is 1.82 bits per heavy atom. The van der Waals surface area contributed by atoms with Crippen LogP contribution in [0.25, 0.3) is 0 Å². The van der Waals surface area contributed by atoms with Gasteiger partial charge in [0, 0.05) is 42.5 Å². The lowest BCUT2D eigenvalue weighted by atomic mass is 10.0. The number of piperazine rings is 1. The molecule has 1 aliphatic heterocycles. The maximum absolute atomic E-state index is 13.1. The molecule has 1 aromatic heterocycles. The third-order valence-corrected chi connectivity index (χ3v) is 6.23. The summed E-state index contributed by atoms with van der Waals surface area (Å²) in [5.74, 6) is 0.0334. The summed E-state index contributed by atoms with van der Waals surface area (Å²) in [6.07, 6.45) is 5.43. The van der Waals surface area contributed by atoms with Gasteiger partial charge in [0.25, 0.3) is 5.91 Å². The van der Waals surface area contributed by atoms with Crippen molar-refractivity contribution in [1.29, 1.82) is 0 Å². The fourth-order valence-corrected chi connectivity index (χ4v) is 4.46. The summed E-state index contributed by atoms with van der Waals surface area (Å²) in [6.45, 7) is 2.79. The van der Waals surface area contributed by atoms with Crippen LogP contribution >= 0.6 is 11.6 Å². The highest BCUT2D eigenvalue weighted by Crippen LogP contribution is 2.26. The fourth-order valence-electron chi connectivity index (χ4n) is 4.34.